The molecule has 0 fully saturated rings. The van der Waals surface area contributed by atoms with E-state index in [9.17, 15) is 14.4 Å². The molecule has 0 aliphatic rings. The lowest BCUT2D eigenvalue weighted by Gasteiger charge is -2.22. The molecule has 98 valence electrons. The van der Waals surface area contributed by atoms with Crippen molar-refractivity contribution < 1.29 is 24.6 Å². The molecule has 0 spiro atoms. The Morgan fingerprint density at radius 3 is 2.06 bits per heavy atom. The van der Waals surface area contributed by atoms with E-state index in [1.807, 2.05) is 0 Å². The summed E-state index contributed by atoms with van der Waals surface area (Å²) >= 11 is 0. The third kappa shape index (κ3) is 8.06. The van der Waals surface area contributed by atoms with Gasteiger partial charge >= 0.3 is 18.0 Å². The fraction of sp³-hybridized carbons (Fsp3) is 0.700. The first-order valence-electron chi connectivity index (χ1n) is 5.15. The average molecular weight is 246 g/mol. The Labute approximate surface area is 99.2 Å². The minimum atomic E-state index is -1.25. The van der Waals surface area contributed by atoms with Crippen molar-refractivity contribution in [2.24, 2.45) is 0 Å². The molecule has 0 radical (unpaired) electrons. The molecule has 2 amide bonds. The van der Waals surface area contributed by atoms with Crippen LogP contribution in [-0.4, -0.2) is 39.8 Å². The number of nitrogens with one attached hydrogen (secondary N) is 2. The standard InChI is InChI=1S/C10H18N2O5/c1-10(2,3)12-9(17)11-6(8(15)16)4-5-7(13)14/h6H,4-5H2,1-3H3,(H,13,14)(H,15,16)(H2,11,12,17)/t6-/m0/s1. The third-order valence-electron chi connectivity index (χ3n) is 1.74. The monoisotopic (exact) mass is 246 g/mol. The molecule has 1 atom stereocenters. The van der Waals surface area contributed by atoms with E-state index in [2.05, 4.69) is 10.6 Å². The second-order valence-corrected chi connectivity index (χ2v) is 4.67. The molecule has 0 aliphatic heterocycles. The van der Waals surface area contributed by atoms with Gasteiger partial charge in [-0.25, -0.2) is 9.59 Å². The van der Waals surface area contributed by atoms with Crippen molar-refractivity contribution in [1.82, 2.24) is 10.6 Å². The Hall–Kier alpha value is -1.79. The van der Waals surface area contributed by atoms with Gasteiger partial charge < -0.3 is 20.8 Å². The normalized spacial score (nSPS) is 12.6. The molecular formula is C10H18N2O5. The largest absolute Gasteiger partial charge is 0.481 e. The van der Waals surface area contributed by atoms with Crippen molar-refractivity contribution in [1.29, 1.82) is 0 Å². The molecule has 0 bridgehead atoms. The molecule has 0 rings (SSSR count). The highest BCUT2D eigenvalue weighted by atomic mass is 16.4. The van der Waals surface area contributed by atoms with Crippen LogP contribution in [0.2, 0.25) is 0 Å². The number of carboxylic acids is 2. The predicted molar refractivity (Wildman–Crippen MR) is 59.7 cm³/mol. The number of urea groups is 1. The van der Waals surface area contributed by atoms with Crippen LogP contribution < -0.4 is 10.6 Å². The number of hydrogen-bond acceptors (Lipinski definition) is 3. The predicted octanol–water partition coefficient (Wildman–Crippen LogP) is 0.402. The molecule has 4 N–H and O–H groups in total. The number of hydrogen-bond donors (Lipinski definition) is 4. The van der Waals surface area contributed by atoms with Gasteiger partial charge in [-0.3, -0.25) is 4.79 Å². The minimum absolute atomic E-state index is 0.151. The molecule has 0 aromatic carbocycles. The van der Waals surface area contributed by atoms with Crippen LogP contribution in [0.25, 0.3) is 0 Å². The fourth-order valence-electron chi connectivity index (χ4n) is 1.06. The molecule has 0 saturated carbocycles. The number of amides is 2. The van der Waals surface area contributed by atoms with Crippen LogP contribution in [-0.2, 0) is 9.59 Å². The first-order valence-corrected chi connectivity index (χ1v) is 5.15. The maximum atomic E-state index is 11.4. The first kappa shape index (κ1) is 15.2. The molecule has 0 aliphatic carbocycles. The molecule has 0 saturated heterocycles. The van der Waals surface area contributed by atoms with Crippen LogP contribution in [0.5, 0.6) is 0 Å². The van der Waals surface area contributed by atoms with E-state index in [4.69, 9.17) is 10.2 Å². The van der Waals surface area contributed by atoms with E-state index >= 15 is 0 Å². The van der Waals surface area contributed by atoms with E-state index < -0.39 is 29.6 Å². The summed E-state index contributed by atoms with van der Waals surface area (Å²) in [4.78, 5) is 32.5. The van der Waals surface area contributed by atoms with E-state index in [0.29, 0.717) is 0 Å². The zero-order chi connectivity index (χ0) is 13.6. The second kappa shape index (κ2) is 6.07. The topological polar surface area (TPSA) is 116 Å². The van der Waals surface area contributed by atoms with Gasteiger partial charge in [-0.1, -0.05) is 0 Å². The SMILES string of the molecule is CC(C)(C)NC(=O)N[C@@H](CCC(=O)O)C(=O)O. The second-order valence-electron chi connectivity index (χ2n) is 4.67. The summed E-state index contributed by atoms with van der Waals surface area (Å²) in [5.74, 6) is -2.36. The summed E-state index contributed by atoms with van der Waals surface area (Å²) in [6, 6.07) is -1.83. The zero-order valence-electron chi connectivity index (χ0n) is 10.1. The fourth-order valence-corrected chi connectivity index (χ4v) is 1.06. The van der Waals surface area contributed by atoms with Gasteiger partial charge in [-0.15, -0.1) is 0 Å². The van der Waals surface area contributed by atoms with Gasteiger partial charge in [-0.2, -0.15) is 0 Å². The lowest BCUT2D eigenvalue weighted by Crippen LogP contribution is -2.51. The first-order chi connectivity index (χ1) is 7.61. The van der Waals surface area contributed by atoms with Crippen molar-refractivity contribution in [2.45, 2.75) is 45.2 Å². The summed E-state index contributed by atoms with van der Waals surface area (Å²) in [6.07, 6.45) is -0.463. The quantitative estimate of drug-likeness (QED) is 0.560. The highest BCUT2D eigenvalue weighted by Gasteiger charge is 2.22. The summed E-state index contributed by atoms with van der Waals surface area (Å²) < 4.78 is 0. The van der Waals surface area contributed by atoms with Crippen LogP contribution in [0.4, 0.5) is 4.79 Å². The lowest BCUT2D eigenvalue weighted by atomic mass is 10.1. The van der Waals surface area contributed by atoms with Crippen LogP contribution in [0, 0.1) is 0 Å². The molecule has 7 heteroatoms. The molecule has 7 nitrogen and oxygen atoms in total. The van der Waals surface area contributed by atoms with Crippen LogP contribution >= 0.6 is 0 Å². The number of aliphatic carboxylic acids is 2. The molecule has 17 heavy (non-hydrogen) atoms. The maximum Gasteiger partial charge on any atom is 0.326 e. The van der Waals surface area contributed by atoms with Crippen LogP contribution in [0.3, 0.4) is 0 Å². The molecule has 0 aromatic rings. The van der Waals surface area contributed by atoms with E-state index in [1.54, 1.807) is 20.8 Å². The summed E-state index contributed by atoms with van der Waals surface area (Å²) in [7, 11) is 0. The highest BCUT2D eigenvalue weighted by Crippen LogP contribution is 2.01. The number of carbonyl (C=O) groups is 3. The lowest BCUT2D eigenvalue weighted by molar-refractivity contribution is -0.140. The van der Waals surface area contributed by atoms with E-state index in [1.165, 1.54) is 0 Å². The minimum Gasteiger partial charge on any atom is -0.481 e. The van der Waals surface area contributed by atoms with Gasteiger partial charge in [0.2, 0.25) is 0 Å². The Bertz CT molecular complexity index is 308. The zero-order valence-corrected chi connectivity index (χ0v) is 10.1. The number of carboxylic acid groups (broad SMARTS) is 2. The number of carbonyl (C=O) groups excluding carboxylic acids is 1. The summed E-state index contributed by atoms with van der Waals surface area (Å²) in [5.41, 5.74) is -0.486. The smallest absolute Gasteiger partial charge is 0.326 e. The van der Waals surface area contributed by atoms with Gasteiger partial charge in [0.1, 0.15) is 6.04 Å². The molecule has 0 unspecified atom stereocenters. The molecule has 0 aromatic heterocycles. The molecule has 0 heterocycles. The van der Waals surface area contributed by atoms with Gasteiger partial charge in [0.15, 0.2) is 0 Å². The Morgan fingerprint density at radius 2 is 1.71 bits per heavy atom. The van der Waals surface area contributed by atoms with E-state index in [-0.39, 0.29) is 12.8 Å². The van der Waals surface area contributed by atoms with E-state index in [0.717, 1.165) is 0 Å². The van der Waals surface area contributed by atoms with Crippen molar-refractivity contribution >= 4 is 18.0 Å². The summed E-state index contributed by atoms with van der Waals surface area (Å²) in [5, 5.41) is 22.0. The van der Waals surface area contributed by atoms with Crippen molar-refractivity contribution in [2.75, 3.05) is 0 Å². The van der Waals surface area contributed by atoms with Crippen molar-refractivity contribution in [3.63, 3.8) is 0 Å². The van der Waals surface area contributed by atoms with Gasteiger partial charge in [0.25, 0.3) is 0 Å². The van der Waals surface area contributed by atoms with Crippen LogP contribution in [0.1, 0.15) is 33.6 Å². The number of rotatable bonds is 5. The third-order valence-corrected chi connectivity index (χ3v) is 1.74. The Balaban J connectivity index is 4.30. The average Bonchev–Trinajstić information content (AvgIpc) is 2.08. The highest BCUT2D eigenvalue weighted by molar-refractivity contribution is 5.83. The maximum absolute atomic E-state index is 11.4. The van der Waals surface area contributed by atoms with Crippen molar-refractivity contribution in [3.05, 3.63) is 0 Å². The Kier molecular flexibility index (Phi) is 5.43. The van der Waals surface area contributed by atoms with Gasteiger partial charge in [-0.05, 0) is 27.2 Å². The van der Waals surface area contributed by atoms with Gasteiger partial charge in [0, 0.05) is 12.0 Å². The summed E-state index contributed by atoms with van der Waals surface area (Å²) in [6.45, 7) is 5.25. The van der Waals surface area contributed by atoms with Crippen molar-refractivity contribution in [3.8, 4) is 0 Å². The van der Waals surface area contributed by atoms with Gasteiger partial charge in [0.05, 0.1) is 0 Å². The van der Waals surface area contributed by atoms with Crippen LogP contribution in [0.15, 0.2) is 0 Å². The Morgan fingerprint density at radius 1 is 1.18 bits per heavy atom. The molecular weight excluding hydrogens is 228 g/mol.